The zero-order chi connectivity index (χ0) is 21.1. The van der Waals surface area contributed by atoms with Gasteiger partial charge in [-0.2, -0.15) is 0 Å². The van der Waals surface area contributed by atoms with Gasteiger partial charge in [-0.15, -0.1) is 11.3 Å². The first-order chi connectivity index (χ1) is 14.4. The summed E-state index contributed by atoms with van der Waals surface area (Å²) in [6, 6.07) is 18.1. The third-order valence-corrected chi connectivity index (χ3v) is 7.18. The number of ether oxygens (including phenoxy) is 1. The van der Waals surface area contributed by atoms with E-state index in [0.717, 1.165) is 35.5 Å². The molecular weight excluding hydrogens is 420 g/mol. The van der Waals surface area contributed by atoms with Crippen LogP contribution in [-0.2, 0) is 14.6 Å². The molecule has 2 aromatic carbocycles. The summed E-state index contributed by atoms with van der Waals surface area (Å²) >= 11 is 1.46. The van der Waals surface area contributed by atoms with Crippen molar-refractivity contribution in [3.8, 4) is 11.1 Å². The fourth-order valence-corrected chi connectivity index (χ4v) is 5.06. The minimum atomic E-state index is -3.27. The number of carbonyl (C=O) groups is 1. The van der Waals surface area contributed by atoms with Crippen LogP contribution in [-0.4, -0.2) is 46.9 Å². The summed E-state index contributed by atoms with van der Waals surface area (Å²) in [5.74, 6) is -0.219. The molecule has 156 valence electrons. The lowest BCUT2D eigenvalue weighted by Crippen LogP contribution is -2.35. The number of benzene rings is 2. The second-order valence-electron chi connectivity index (χ2n) is 7.05. The first kappa shape index (κ1) is 20.6. The summed E-state index contributed by atoms with van der Waals surface area (Å²) in [6.07, 6.45) is 1.16. The van der Waals surface area contributed by atoms with Crippen LogP contribution in [0.3, 0.4) is 0 Å². The maximum absolute atomic E-state index is 12.9. The predicted molar refractivity (Wildman–Crippen MR) is 120 cm³/mol. The molecule has 1 saturated heterocycles. The van der Waals surface area contributed by atoms with Gasteiger partial charge in [0.1, 0.15) is 0 Å². The summed E-state index contributed by atoms with van der Waals surface area (Å²) in [5, 5.41) is 3.92. The van der Waals surface area contributed by atoms with Crippen LogP contribution in [0.25, 0.3) is 11.1 Å². The molecule has 6 nitrogen and oxygen atoms in total. The van der Waals surface area contributed by atoms with Crippen LogP contribution in [0, 0.1) is 0 Å². The largest absolute Gasteiger partial charge is 0.378 e. The van der Waals surface area contributed by atoms with Gasteiger partial charge < -0.3 is 15.0 Å². The van der Waals surface area contributed by atoms with Crippen LogP contribution in [0.1, 0.15) is 9.67 Å². The van der Waals surface area contributed by atoms with E-state index in [9.17, 15) is 13.2 Å². The molecule has 0 spiro atoms. The van der Waals surface area contributed by atoms with Gasteiger partial charge in [0.25, 0.3) is 5.91 Å². The van der Waals surface area contributed by atoms with E-state index in [1.165, 1.54) is 23.5 Å². The number of amides is 1. The summed E-state index contributed by atoms with van der Waals surface area (Å²) in [7, 11) is -3.27. The molecule has 30 heavy (non-hydrogen) atoms. The van der Waals surface area contributed by atoms with Gasteiger partial charge in [0.15, 0.2) is 9.84 Å². The third kappa shape index (κ3) is 4.56. The molecule has 1 amide bonds. The average molecular weight is 443 g/mol. The first-order valence-corrected chi connectivity index (χ1v) is 12.3. The normalized spacial score (nSPS) is 14.5. The fraction of sp³-hybridized carbons (Fsp3) is 0.227. The van der Waals surface area contributed by atoms with Gasteiger partial charge in [0.05, 0.1) is 28.0 Å². The molecule has 3 aromatic rings. The lowest BCUT2D eigenvalue weighted by atomic mass is 10.1. The fourth-order valence-electron chi connectivity index (χ4n) is 3.30. The first-order valence-electron chi connectivity index (χ1n) is 9.55. The Balaban J connectivity index is 1.62. The molecule has 0 unspecified atom stereocenters. The topological polar surface area (TPSA) is 75.7 Å². The van der Waals surface area contributed by atoms with E-state index in [1.807, 2.05) is 36.4 Å². The number of thiophene rings is 1. The predicted octanol–water partition coefficient (Wildman–Crippen LogP) is 3.91. The molecule has 4 rings (SSSR count). The van der Waals surface area contributed by atoms with Crippen molar-refractivity contribution in [1.29, 1.82) is 0 Å². The van der Waals surface area contributed by atoms with Crippen molar-refractivity contribution >= 4 is 37.8 Å². The molecule has 2 heterocycles. The second-order valence-corrected chi connectivity index (χ2v) is 10.1. The molecule has 1 N–H and O–H groups in total. The maximum Gasteiger partial charge on any atom is 0.265 e. The second kappa shape index (κ2) is 8.59. The quantitative estimate of drug-likeness (QED) is 0.648. The van der Waals surface area contributed by atoms with Crippen molar-refractivity contribution in [2.24, 2.45) is 0 Å². The van der Waals surface area contributed by atoms with E-state index >= 15 is 0 Å². The average Bonchev–Trinajstić information content (AvgIpc) is 3.20. The Morgan fingerprint density at radius 1 is 1.03 bits per heavy atom. The SMILES string of the molecule is CS(=O)(=O)c1ccc(NC(=O)c2cc(-c3ccccc3)c(N3CCOCC3)s2)cc1. The van der Waals surface area contributed by atoms with Crippen molar-refractivity contribution in [3.05, 3.63) is 65.5 Å². The molecule has 0 bridgehead atoms. The number of sulfone groups is 1. The van der Waals surface area contributed by atoms with E-state index in [4.69, 9.17) is 4.74 Å². The number of rotatable bonds is 5. The maximum atomic E-state index is 12.9. The van der Waals surface area contributed by atoms with Crippen LogP contribution in [0.4, 0.5) is 10.7 Å². The van der Waals surface area contributed by atoms with Gasteiger partial charge in [-0.1, -0.05) is 30.3 Å². The van der Waals surface area contributed by atoms with Crippen molar-refractivity contribution < 1.29 is 17.9 Å². The molecule has 1 aliphatic rings. The van der Waals surface area contributed by atoms with Crippen LogP contribution in [0.5, 0.6) is 0 Å². The monoisotopic (exact) mass is 442 g/mol. The lowest BCUT2D eigenvalue weighted by molar-refractivity contribution is 0.103. The zero-order valence-electron chi connectivity index (χ0n) is 16.5. The number of carbonyl (C=O) groups excluding carboxylic acids is 1. The Hall–Kier alpha value is -2.68. The van der Waals surface area contributed by atoms with E-state index in [1.54, 1.807) is 12.1 Å². The summed E-state index contributed by atoms with van der Waals surface area (Å²) in [6.45, 7) is 2.91. The number of anilines is 2. The Bertz CT molecular complexity index is 1130. The minimum absolute atomic E-state index is 0.219. The number of hydrogen-bond donors (Lipinski definition) is 1. The Morgan fingerprint density at radius 3 is 2.33 bits per heavy atom. The van der Waals surface area contributed by atoms with Crippen molar-refractivity contribution in [1.82, 2.24) is 0 Å². The third-order valence-electron chi connectivity index (χ3n) is 4.86. The van der Waals surface area contributed by atoms with Gasteiger partial charge in [-0.3, -0.25) is 4.79 Å². The molecule has 0 aliphatic carbocycles. The highest BCUT2D eigenvalue weighted by atomic mass is 32.2. The lowest BCUT2D eigenvalue weighted by Gasteiger charge is -2.28. The Labute approximate surface area is 180 Å². The van der Waals surface area contributed by atoms with Gasteiger partial charge in [0.2, 0.25) is 0 Å². The van der Waals surface area contributed by atoms with Gasteiger partial charge in [-0.25, -0.2) is 8.42 Å². The van der Waals surface area contributed by atoms with Crippen LogP contribution < -0.4 is 10.2 Å². The summed E-state index contributed by atoms with van der Waals surface area (Å²) in [4.78, 5) is 16.0. The molecule has 0 saturated carbocycles. The Morgan fingerprint density at radius 2 is 1.70 bits per heavy atom. The molecule has 0 radical (unpaired) electrons. The van der Waals surface area contributed by atoms with E-state index in [0.29, 0.717) is 23.8 Å². The van der Waals surface area contributed by atoms with Crippen molar-refractivity contribution in [2.45, 2.75) is 4.90 Å². The van der Waals surface area contributed by atoms with Gasteiger partial charge in [0, 0.05) is 30.6 Å². The Kier molecular flexibility index (Phi) is 5.90. The summed E-state index contributed by atoms with van der Waals surface area (Å²) < 4.78 is 28.7. The molecule has 8 heteroatoms. The standard InChI is InChI=1S/C22H22N2O4S2/c1-30(26,27)18-9-7-17(8-10-18)23-21(25)20-15-19(16-5-3-2-4-6-16)22(29-20)24-11-13-28-14-12-24/h2-10,15H,11-14H2,1H3,(H,23,25). The number of nitrogens with one attached hydrogen (secondary N) is 1. The number of nitrogens with zero attached hydrogens (tertiary/aromatic N) is 1. The molecule has 1 fully saturated rings. The highest BCUT2D eigenvalue weighted by Crippen LogP contribution is 2.39. The van der Waals surface area contributed by atoms with Gasteiger partial charge in [-0.05, 0) is 35.9 Å². The molecule has 1 aromatic heterocycles. The highest BCUT2D eigenvalue weighted by molar-refractivity contribution is 7.90. The number of hydrogen-bond acceptors (Lipinski definition) is 6. The van der Waals surface area contributed by atoms with E-state index < -0.39 is 9.84 Å². The van der Waals surface area contributed by atoms with Crippen LogP contribution in [0.2, 0.25) is 0 Å². The summed E-state index contributed by atoms with van der Waals surface area (Å²) in [5.41, 5.74) is 2.64. The molecule has 0 atom stereocenters. The van der Waals surface area contributed by atoms with Crippen LogP contribution in [0.15, 0.2) is 65.6 Å². The highest BCUT2D eigenvalue weighted by Gasteiger charge is 2.22. The molecular formula is C22H22N2O4S2. The van der Waals surface area contributed by atoms with E-state index in [2.05, 4.69) is 10.2 Å². The van der Waals surface area contributed by atoms with Crippen molar-refractivity contribution in [2.75, 3.05) is 42.8 Å². The number of morpholine rings is 1. The smallest absolute Gasteiger partial charge is 0.265 e. The minimum Gasteiger partial charge on any atom is -0.378 e. The van der Waals surface area contributed by atoms with Gasteiger partial charge >= 0.3 is 0 Å². The van der Waals surface area contributed by atoms with E-state index in [-0.39, 0.29) is 10.8 Å². The van der Waals surface area contributed by atoms with Crippen molar-refractivity contribution in [3.63, 3.8) is 0 Å². The van der Waals surface area contributed by atoms with Crippen LogP contribution >= 0.6 is 11.3 Å². The molecule has 1 aliphatic heterocycles. The zero-order valence-corrected chi connectivity index (χ0v) is 18.1.